The quantitative estimate of drug-likeness (QED) is 0.222. The first-order valence-corrected chi connectivity index (χ1v) is 6.97. The zero-order valence-corrected chi connectivity index (χ0v) is 12.2. The molecule has 5 heteroatoms. The van der Waals surface area contributed by atoms with Crippen molar-refractivity contribution in [2.45, 2.75) is 16.8 Å². The highest BCUT2D eigenvalue weighted by molar-refractivity contribution is 6.25. The highest BCUT2D eigenvalue weighted by Gasteiger charge is 2.31. The molecule has 2 atom stereocenters. The van der Waals surface area contributed by atoms with E-state index in [1.165, 1.54) is 0 Å². The van der Waals surface area contributed by atoms with Crippen molar-refractivity contribution in [3.8, 4) is 0 Å². The van der Waals surface area contributed by atoms with E-state index in [0.717, 1.165) is 11.1 Å². The van der Waals surface area contributed by atoms with Crippen molar-refractivity contribution < 1.29 is 0 Å². The third-order valence-corrected chi connectivity index (χ3v) is 3.88. The molecule has 0 aliphatic carbocycles. The predicted octanol–water partition coefficient (Wildman–Crippen LogP) is 5.76. The van der Waals surface area contributed by atoms with Crippen LogP contribution in [0.2, 0.25) is 0 Å². The lowest BCUT2D eigenvalue weighted by molar-refractivity contribution is 0.565. The fraction of sp³-hybridized carbons (Fsp3) is 0.200. The molecule has 2 aromatic carbocycles. The van der Waals surface area contributed by atoms with Crippen molar-refractivity contribution in [3.63, 3.8) is 0 Å². The molecule has 0 aliphatic rings. The fourth-order valence-electron chi connectivity index (χ4n) is 2.00. The van der Waals surface area contributed by atoms with Gasteiger partial charge in [-0.2, -0.15) is 0 Å². The van der Waals surface area contributed by atoms with Crippen molar-refractivity contribution in [2.75, 3.05) is 0 Å². The van der Waals surface area contributed by atoms with Crippen LogP contribution in [0.4, 0.5) is 0 Å². The number of rotatable bonds is 5. The first-order valence-electron chi connectivity index (χ1n) is 6.15. The van der Waals surface area contributed by atoms with Gasteiger partial charge in [-0.25, -0.2) is 0 Å². The maximum absolute atomic E-state index is 8.78. The molecule has 0 amide bonds. The molecule has 102 valence electrons. The largest absolute Gasteiger partial charge is 0.149 e. The lowest BCUT2D eigenvalue weighted by Crippen LogP contribution is -2.17. The van der Waals surface area contributed by atoms with Crippen molar-refractivity contribution in [3.05, 3.63) is 82.2 Å². The summed E-state index contributed by atoms with van der Waals surface area (Å²) >= 11 is 12.9. The van der Waals surface area contributed by atoms with Gasteiger partial charge in [0.2, 0.25) is 0 Å². The van der Waals surface area contributed by atoms with Crippen LogP contribution in [0.25, 0.3) is 10.4 Å². The van der Waals surface area contributed by atoms with Gasteiger partial charge in [0.15, 0.2) is 0 Å². The second-order valence-electron chi connectivity index (χ2n) is 4.40. The molecule has 2 rings (SSSR count). The Bertz CT molecular complexity index is 597. The standard InChI is InChI=1S/C15H13Cl2N3/c16-14(12-7-3-1-4-8-12)11-15(17,19-20-18)13-9-5-2-6-10-13/h1-10,14H,11H2. The first kappa shape index (κ1) is 14.7. The summed E-state index contributed by atoms with van der Waals surface area (Å²) in [5, 5.41) is 3.42. The summed E-state index contributed by atoms with van der Waals surface area (Å²) in [6, 6.07) is 18.8. The molecule has 0 fully saturated rings. The Hall–Kier alpha value is -1.67. The lowest BCUT2D eigenvalue weighted by Gasteiger charge is -2.24. The number of benzene rings is 2. The summed E-state index contributed by atoms with van der Waals surface area (Å²) in [5.41, 5.74) is 10.5. The second-order valence-corrected chi connectivity index (χ2v) is 5.55. The predicted molar refractivity (Wildman–Crippen MR) is 82.8 cm³/mol. The van der Waals surface area contributed by atoms with E-state index in [-0.39, 0.29) is 5.38 Å². The Morgan fingerprint density at radius 2 is 1.60 bits per heavy atom. The molecule has 0 aromatic heterocycles. The third kappa shape index (κ3) is 3.45. The molecule has 3 nitrogen and oxygen atoms in total. The van der Waals surface area contributed by atoms with E-state index in [1.54, 1.807) is 0 Å². The SMILES string of the molecule is [N-]=[N+]=NC(Cl)(CC(Cl)c1ccccc1)c1ccccc1. The van der Waals surface area contributed by atoms with E-state index in [1.807, 2.05) is 60.7 Å². The zero-order chi connectivity index (χ0) is 14.4. The van der Waals surface area contributed by atoms with Crippen LogP contribution in [-0.4, -0.2) is 0 Å². The zero-order valence-electron chi connectivity index (χ0n) is 10.7. The van der Waals surface area contributed by atoms with Crippen LogP contribution < -0.4 is 0 Å². The molecule has 0 spiro atoms. The minimum Gasteiger partial charge on any atom is -0.118 e. The van der Waals surface area contributed by atoms with Gasteiger partial charge >= 0.3 is 0 Å². The molecule has 0 saturated carbocycles. The summed E-state index contributed by atoms with van der Waals surface area (Å²) < 4.78 is 0. The van der Waals surface area contributed by atoms with Gasteiger partial charge in [-0.05, 0) is 23.1 Å². The Kier molecular flexibility index (Phi) is 4.91. The van der Waals surface area contributed by atoms with E-state index >= 15 is 0 Å². The minimum absolute atomic E-state index is 0.314. The van der Waals surface area contributed by atoms with Crippen LogP contribution in [0.1, 0.15) is 22.9 Å². The molecular formula is C15H13Cl2N3. The molecule has 2 unspecified atom stereocenters. The molecule has 0 aliphatic heterocycles. The first-order chi connectivity index (χ1) is 9.65. The van der Waals surface area contributed by atoms with Gasteiger partial charge in [0.25, 0.3) is 0 Å². The van der Waals surface area contributed by atoms with Gasteiger partial charge in [0, 0.05) is 4.91 Å². The van der Waals surface area contributed by atoms with Crippen LogP contribution in [0, 0.1) is 0 Å². The molecular weight excluding hydrogens is 293 g/mol. The van der Waals surface area contributed by atoms with E-state index < -0.39 is 5.00 Å². The number of hydrogen-bond donors (Lipinski definition) is 0. The molecule has 0 saturated heterocycles. The molecule has 0 radical (unpaired) electrons. The van der Waals surface area contributed by atoms with Gasteiger partial charge in [-0.15, -0.1) is 23.2 Å². The van der Waals surface area contributed by atoms with Crippen LogP contribution >= 0.6 is 23.2 Å². The Balaban J connectivity index is 2.29. The van der Waals surface area contributed by atoms with Crippen molar-refractivity contribution in [1.82, 2.24) is 0 Å². The monoisotopic (exact) mass is 305 g/mol. The summed E-state index contributed by atoms with van der Waals surface area (Å²) in [5.74, 6) is 0. The Morgan fingerprint density at radius 1 is 1.05 bits per heavy atom. The van der Waals surface area contributed by atoms with Crippen molar-refractivity contribution in [2.24, 2.45) is 5.11 Å². The summed E-state index contributed by atoms with van der Waals surface area (Å²) in [6.45, 7) is 0. The number of hydrogen-bond acceptors (Lipinski definition) is 1. The third-order valence-electron chi connectivity index (χ3n) is 3.03. The molecule has 0 heterocycles. The molecule has 2 aromatic rings. The fourth-order valence-corrected chi connectivity index (χ4v) is 2.76. The minimum atomic E-state index is -1.18. The summed E-state index contributed by atoms with van der Waals surface area (Å²) in [6.07, 6.45) is 0.314. The maximum Gasteiger partial charge on any atom is 0.149 e. The van der Waals surface area contributed by atoms with Crippen LogP contribution in [0.15, 0.2) is 65.8 Å². The maximum atomic E-state index is 8.78. The van der Waals surface area contributed by atoms with Crippen LogP contribution in [0.5, 0.6) is 0 Å². The Labute approximate surface area is 127 Å². The normalized spacial score (nSPS) is 14.9. The summed E-state index contributed by atoms with van der Waals surface area (Å²) in [7, 11) is 0. The second kappa shape index (κ2) is 6.67. The molecule has 0 bridgehead atoms. The number of azide groups is 1. The van der Waals surface area contributed by atoms with Crippen LogP contribution in [-0.2, 0) is 5.00 Å². The van der Waals surface area contributed by atoms with E-state index in [0.29, 0.717) is 6.42 Å². The topological polar surface area (TPSA) is 48.8 Å². The van der Waals surface area contributed by atoms with Crippen molar-refractivity contribution >= 4 is 23.2 Å². The average Bonchev–Trinajstić information content (AvgIpc) is 2.49. The van der Waals surface area contributed by atoms with Crippen LogP contribution in [0.3, 0.4) is 0 Å². The smallest absolute Gasteiger partial charge is 0.118 e. The number of alkyl halides is 2. The molecule has 0 N–H and O–H groups in total. The Morgan fingerprint density at radius 3 is 2.15 bits per heavy atom. The average molecular weight is 306 g/mol. The number of nitrogens with zero attached hydrogens (tertiary/aromatic N) is 3. The van der Waals surface area contributed by atoms with Gasteiger partial charge in [0.05, 0.1) is 5.38 Å². The van der Waals surface area contributed by atoms with Gasteiger partial charge < -0.3 is 0 Å². The van der Waals surface area contributed by atoms with Gasteiger partial charge in [0.1, 0.15) is 5.00 Å². The van der Waals surface area contributed by atoms with E-state index in [9.17, 15) is 0 Å². The van der Waals surface area contributed by atoms with E-state index in [2.05, 4.69) is 10.0 Å². The highest BCUT2D eigenvalue weighted by Crippen LogP contribution is 2.41. The summed E-state index contributed by atoms with van der Waals surface area (Å²) in [4.78, 5) is 1.68. The van der Waals surface area contributed by atoms with Gasteiger partial charge in [-0.3, -0.25) is 0 Å². The highest BCUT2D eigenvalue weighted by atomic mass is 35.5. The molecule has 20 heavy (non-hydrogen) atoms. The lowest BCUT2D eigenvalue weighted by atomic mass is 9.98. The van der Waals surface area contributed by atoms with E-state index in [4.69, 9.17) is 28.7 Å². The number of halogens is 2. The van der Waals surface area contributed by atoms with Gasteiger partial charge in [-0.1, -0.05) is 65.8 Å². The van der Waals surface area contributed by atoms with Crippen molar-refractivity contribution in [1.29, 1.82) is 0 Å².